The molecule has 46 heavy (non-hydrogen) atoms. The van der Waals surface area contributed by atoms with Gasteiger partial charge < -0.3 is 0 Å². The fourth-order valence-electron chi connectivity index (χ4n) is 6.26. The molecule has 0 spiro atoms. The van der Waals surface area contributed by atoms with Gasteiger partial charge in [-0.2, -0.15) is 0 Å². The highest BCUT2D eigenvalue weighted by atomic mass is 15.0. The molecule has 0 aliphatic carbocycles. The average molecular weight is 592 g/mol. The minimum atomic E-state index is 0.634. The zero-order valence-corrected chi connectivity index (χ0v) is 25.3. The highest BCUT2D eigenvalue weighted by Gasteiger charge is 2.21. The summed E-state index contributed by atoms with van der Waals surface area (Å²) in [5.74, 6) is 1.92. The third-order valence-electron chi connectivity index (χ3n) is 8.29. The van der Waals surface area contributed by atoms with Gasteiger partial charge in [-0.25, -0.2) is 19.9 Å². The summed E-state index contributed by atoms with van der Waals surface area (Å²) < 4.78 is 2.26. The Morgan fingerprint density at radius 2 is 1.26 bits per heavy atom. The van der Waals surface area contributed by atoms with Crippen molar-refractivity contribution in [1.29, 1.82) is 0 Å². The van der Waals surface area contributed by atoms with Gasteiger partial charge in [0, 0.05) is 33.0 Å². The van der Waals surface area contributed by atoms with E-state index in [2.05, 4.69) is 71.7 Å². The van der Waals surface area contributed by atoms with Gasteiger partial charge in [-0.1, -0.05) is 134 Å². The molecule has 0 aliphatic heterocycles. The number of benzene rings is 4. The number of aromatic nitrogens is 5. The van der Waals surface area contributed by atoms with E-state index in [9.17, 15) is 0 Å². The van der Waals surface area contributed by atoms with Crippen LogP contribution in [0.25, 0.3) is 78.3 Å². The van der Waals surface area contributed by atoms with E-state index >= 15 is 0 Å². The first-order valence-electron chi connectivity index (χ1n) is 15.3. The molecule has 0 fully saturated rings. The number of hydrogen-bond acceptors (Lipinski definition) is 4. The van der Waals surface area contributed by atoms with Crippen molar-refractivity contribution in [2.24, 2.45) is 0 Å². The van der Waals surface area contributed by atoms with E-state index in [4.69, 9.17) is 19.9 Å². The Bertz CT molecular complexity index is 2380. The summed E-state index contributed by atoms with van der Waals surface area (Å²) in [4.78, 5) is 20.0. The van der Waals surface area contributed by atoms with Crippen molar-refractivity contribution in [3.63, 3.8) is 0 Å². The van der Waals surface area contributed by atoms with E-state index in [-0.39, 0.29) is 0 Å². The van der Waals surface area contributed by atoms with Gasteiger partial charge in [-0.3, -0.25) is 4.40 Å². The van der Waals surface area contributed by atoms with Gasteiger partial charge in [-0.05, 0) is 36.2 Å². The summed E-state index contributed by atoms with van der Waals surface area (Å²) in [5, 5.41) is 2.32. The van der Waals surface area contributed by atoms with E-state index in [1.165, 1.54) is 5.39 Å². The van der Waals surface area contributed by atoms with E-state index in [1.54, 1.807) is 0 Å². The molecule has 218 valence electrons. The zero-order valence-electron chi connectivity index (χ0n) is 25.3. The first-order chi connectivity index (χ1) is 22.7. The van der Waals surface area contributed by atoms with Crippen LogP contribution < -0.4 is 0 Å². The van der Waals surface area contributed by atoms with Crippen LogP contribution >= 0.6 is 0 Å². The second-order valence-electron chi connectivity index (χ2n) is 11.1. The molecule has 8 aromatic rings. The maximum absolute atomic E-state index is 5.03. The molecular weight excluding hydrogens is 562 g/mol. The standard InChI is InChI=1S/C41H29N5/c1-3-14-27(15-4-2)37-38-32-25-24-30(26-34(32)35-22-13-23-36(42-37)46(35)38)31-20-11-12-21-33(31)41-44-39(28-16-7-5-8-17-28)43-40(45-41)29-18-9-6-10-19-29/h3-26H,1H2,2H3/b15-4-,27-14+. The third kappa shape index (κ3) is 4.57. The van der Waals surface area contributed by atoms with Crippen LogP contribution in [0.5, 0.6) is 0 Å². The van der Waals surface area contributed by atoms with Crippen LogP contribution in [0.1, 0.15) is 12.6 Å². The van der Waals surface area contributed by atoms with Crippen LogP contribution in [0.4, 0.5) is 0 Å². The second kappa shape index (κ2) is 11.4. The lowest BCUT2D eigenvalue weighted by molar-refractivity contribution is 1.07. The monoisotopic (exact) mass is 591 g/mol. The van der Waals surface area contributed by atoms with Crippen molar-refractivity contribution < 1.29 is 0 Å². The number of nitrogens with zero attached hydrogens (tertiary/aromatic N) is 5. The molecule has 4 aromatic carbocycles. The molecular formula is C41H29N5. The molecule has 0 saturated heterocycles. The molecule has 0 aliphatic rings. The molecule has 0 N–H and O–H groups in total. The summed E-state index contributed by atoms with van der Waals surface area (Å²) in [6.45, 7) is 5.96. The highest BCUT2D eigenvalue weighted by molar-refractivity contribution is 6.14. The highest BCUT2D eigenvalue weighted by Crippen LogP contribution is 2.39. The average Bonchev–Trinajstić information content (AvgIpc) is 3.67. The number of pyridine rings is 1. The Hall–Kier alpha value is -6.20. The van der Waals surface area contributed by atoms with Crippen molar-refractivity contribution in [3.05, 3.63) is 158 Å². The SMILES string of the molecule is C=C/C=C(\C=C/C)c1nc2cccc3c4cc(-c5ccccc5-c5nc(-c6ccccc6)nc(-c6ccccc6)n5)ccc4c1n23. The Balaban J connectivity index is 1.34. The summed E-state index contributed by atoms with van der Waals surface area (Å²) in [7, 11) is 0. The maximum Gasteiger partial charge on any atom is 0.164 e. The molecule has 0 atom stereocenters. The predicted molar refractivity (Wildman–Crippen MR) is 190 cm³/mol. The number of fused-ring (bicyclic) bond motifs is 3. The van der Waals surface area contributed by atoms with Crippen molar-refractivity contribution >= 4 is 33.0 Å². The topological polar surface area (TPSA) is 56.0 Å². The number of imidazole rings is 1. The lowest BCUT2D eigenvalue weighted by Crippen LogP contribution is -2.01. The third-order valence-corrected chi connectivity index (χ3v) is 8.29. The van der Waals surface area contributed by atoms with Gasteiger partial charge in [0.25, 0.3) is 0 Å². The summed E-state index contributed by atoms with van der Waals surface area (Å²) >= 11 is 0. The first-order valence-corrected chi connectivity index (χ1v) is 15.3. The van der Waals surface area contributed by atoms with Gasteiger partial charge >= 0.3 is 0 Å². The first kappa shape index (κ1) is 27.4. The normalized spacial score (nSPS) is 12.2. The van der Waals surface area contributed by atoms with E-state index in [1.807, 2.05) is 91.9 Å². The second-order valence-corrected chi connectivity index (χ2v) is 11.1. The maximum atomic E-state index is 5.03. The minimum Gasteiger partial charge on any atom is -0.292 e. The van der Waals surface area contributed by atoms with Crippen molar-refractivity contribution in [2.45, 2.75) is 6.92 Å². The number of rotatable bonds is 7. The van der Waals surface area contributed by atoms with E-state index in [0.717, 1.165) is 61.2 Å². The van der Waals surface area contributed by atoms with Gasteiger partial charge in [0.1, 0.15) is 5.65 Å². The van der Waals surface area contributed by atoms with Crippen LogP contribution in [0.3, 0.4) is 0 Å². The van der Waals surface area contributed by atoms with Crippen LogP contribution in [-0.2, 0) is 0 Å². The molecule has 5 heteroatoms. The Labute approximate surface area is 266 Å². The quantitative estimate of drug-likeness (QED) is 0.173. The Morgan fingerprint density at radius 1 is 0.609 bits per heavy atom. The fourth-order valence-corrected chi connectivity index (χ4v) is 6.26. The van der Waals surface area contributed by atoms with Gasteiger partial charge in [-0.15, -0.1) is 0 Å². The van der Waals surface area contributed by atoms with Crippen LogP contribution in [-0.4, -0.2) is 24.3 Å². The molecule has 0 radical (unpaired) electrons. The predicted octanol–water partition coefficient (Wildman–Crippen LogP) is 10.1. The van der Waals surface area contributed by atoms with Crippen molar-refractivity contribution in [1.82, 2.24) is 24.3 Å². The fraction of sp³-hybridized carbons (Fsp3) is 0.0244. The van der Waals surface area contributed by atoms with Gasteiger partial charge in [0.05, 0.1) is 16.7 Å². The summed E-state index contributed by atoms with van der Waals surface area (Å²) in [5.41, 5.74) is 10.1. The minimum absolute atomic E-state index is 0.634. The molecule has 5 nitrogen and oxygen atoms in total. The van der Waals surface area contributed by atoms with Crippen LogP contribution in [0, 0.1) is 0 Å². The lowest BCUT2D eigenvalue weighted by Gasteiger charge is -2.12. The smallest absolute Gasteiger partial charge is 0.164 e. The van der Waals surface area contributed by atoms with E-state index < -0.39 is 0 Å². The molecule has 0 bridgehead atoms. The van der Waals surface area contributed by atoms with Crippen molar-refractivity contribution in [2.75, 3.05) is 0 Å². The lowest BCUT2D eigenvalue weighted by atomic mass is 9.96. The van der Waals surface area contributed by atoms with Gasteiger partial charge in [0.15, 0.2) is 17.5 Å². The summed E-state index contributed by atoms with van der Waals surface area (Å²) in [6.07, 6.45) is 7.96. The number of allylic oxidation sites excluding steroid dienone is 5. The Kier molecular flexibility index (Phi) is 6.77. The molecule has 0 saturated carbocycles. The zero-order chi connectivity index (χ0) is 31.0. The Morgan fingerprint density at radius 3 is 1.93 bits per heavy atom. The van der Waals surface area contributed by atoms with E-state index in [0.29, 0.717) is 17.5 Å². The van der Waals surface area contributed by atoms with Gasteiger partial charge in [0.2, 0.25) is 0 Å². The molecule has 4 aromatic heterocycles. The molecule has 8 rings (SSSR count). The van der Waals surface area contributed by atoms with Crippen LogP contribution in [0.2, 0.25) is 0 Å². The summed E-state index contributed by atoms with van der Waals surface area (Å²) in [6, 6.07) is 41.5. The van der Waals surface area contributed by atoms with Crippen molar-refractivity contribution in [3.8, 4) is 45.3 Å². The molecule has 0 amide bonds. The number of hydrogen-bond donors (Lipinski definition) is 0. The molecule has 0 unspecified atom stereocenters. The molecule has 4 heterocycles. The largest absolute Gasteiger partial charge is 0.292 e. The van der Waals surface area contributed by atoms with Crippen LogP contribution in [0.15, 0.2) is 152 Å².